The van der Waals surface area contributed by atoms with E-state index in [9.17, 15) is 0 Å². The lowest BCUT2D eigenvalue weighted by Crippen LogP contribution is -3.16. The highest BCUT2D eigenvalue weighted by molar-refractivity contribution is 7.84. The van der Waals surface area contributed by atoms with E-state index >= 15 is 0 Å². The Balaban J connectivity index is 0.000000494. The summed E-state index contributed by atoms with van der Waals surface area (Å²) in [6.07, 6.45) is 10.7. The molecule has 1 saturated heterocycles. The smallest absolute Gasteiger partial charge is 0.0916 e. The van der Waals surface area contributed by atoms with Gasteiger partial charge in [0.1, 0.15) is 0 Å². The number of hydrogen-bond acceptors (Lipinski definition) is 3. The molecule has 0 spiro atoms. The van der Waals surface area contributed by atoms with Crippen LogP contribution in [0.5, 0.6) is 0 Å². The first-order chi connectivity index (χ1) is 8.38. The summed E-state index contributed by atoms with van der Waals surface area (Å²) in [4.78, 5) is 1.91. The van der Waals surface area contributed by atoms with Gasteiger partial charge in [0.05, 0.1) is 29.2 Å². The van der Waals surface area contributed by atoms with Crippen molar-refractivity contribution in [3.63, 3.8) is 0 Å². The lowest BCUT2D eigenvalue weighted by atomic mass is 9.98. The molecule has 18 heavy (non-hydrogen) atoms. The maximum absolute atomic E-state index is 9.08. The fourth-order valence-corrected chi connectivity index (χ4v) is 2.58. The van der Waals surface area contributed by atoms with Crippen LogP contribution < -0.4 is 4.90 Å². The lowest BCUT2D eigenvalue weighted by molar-refractivity contribution is -0.931. The topological polar surface area (TPSA) is 61.6 Å². The summed E-state index contributed by atoms with van der Waals surface area (Å²) in [7, 11) is -3.92. The molecular formula is C13H29NO3S. The van der Waals surface area contributed by atoms with Gasteiger partial charge in [0, 0.05) is 6.26 Å². The fraction of sp³-hybridized carbons (Fsp3) is 1.00. The minimum absolute atomic E-state index is 0.604. The van der Waals surface area contributed by atoms with E-state index < -0.39 is 10.1 Å². The number of hydrogen-bond donors (Lipinski definition) is 1. The second-order valence-electron chi connectivity index (χ2n) is 5.20. The van der Waals surface area contributed by atoms with Crippen LogP contribution in [0.3, 0.4) is 0 Å². The zero-order valence-electron chi connectivity index (χ0n) is 12.1. The van der Waals surface area contributed by atoms with Gasteiger partial charge in [0.25, 0.3) is 0 Å². The van der Waals surface area contributed by atoms with Crippen molar-refractivity contribution in [2.75, 3.05) is 19.3 Å². The van der Waals surface area contributed by atoms with Crippen molar-refractivity contribution < 1.29 is 17.9 Å². The first-order valence-corrected chi connectivity index (χ1v) is 8.95. The number of rotatable bonds is 5. The molecule has 1 N–H and O–H groups in total. The van der Waals surface area contributed by atoms with Crippen LogP contribution in [0.4, 0.5) is 0 Å². The van der Waals surface area contributed by atoms with Gasteiger partial charge in [-0.1, -0.05) is 26.7 Å². The van der Waals surface area contributed by atoms with E-state index in [0.29, 0.717) is 6.26 Å². The third kappa shape index (κ3) is 11.0. The molecule has 1 aliphatic rings. The summed E-state index contributed by atoms with van der Waals surface area (Å²) >= 11 is 0. The summed E-state index contributed by atoms with van der Waals surface area (Å²) < 4.78 is 27.2. The molecule has 0 aromatic rings. The highest BCUT2D eigenvalue weighted by Crippen LogP contribution is 2.07. The van der Waals surface area contributed by atoms with Crippen LogP contribution in [-0.4, -0.2) is 38.4 Å². The van der Waals surface area contributed by atoms with Gasteiger partial charge < -0.3 is 9.45 Å². The van der Waals surface area contributed by atoms with E-state index in [0.717, 1.165) is 6.04 Å². The SMILES string of the molecule is CCCC[NH+]1CCCCC1CCC.CS(=O)(=O)[O-]. The molecule has 0 bridgehead atoms. The summed E-state index contributed by atoms with van der Waals surface area (Å²) in [5.74, 6) is 0. The third-order valence-corrected chi connectivity index (χ3v) is 3.37. The lowest BCUT2D eigenvalue weighted by Gasteiger charge is -2.32. The van der Waals surface area contributed by atoms with E-state index in [1.807, 2.05) is 4.90 Å². The van der Waals surface area contributed by atoms with Gasteiger partial charge in [-0.15, -0.1) is 0 Å². The molecule has 110 valence electrons. The summed E-state index contributed by atoms with van der Waals surface area (Å²) in [5.41, 5.74) is 0. The number of quaternary nitrogens is 1. The molecule has 0 aromatic heterocycles. The Morgan fingerprint density at radius 3 is 2.33 bits per heavy atom. The minimum Gasteiger partial charge on any atom is -0.748 e. The predicted molar refractivity (Wildman–Crippen MR) is 73.8 cm³/mol. The Hall–Kier alpha value is -0.130. The van der Waals surface area contributed by atoms with Gasteiger partial charge >= 0.3 is 0 Å². The van der Waals surface area contributed by atoms with Crippen molar-refractivity contribution in [1.82, 2.24) is 0 Å². The predicted octanol–water partition coefficient (Wildman–Crippen LogP) is 1.19. The summed E-state index contributed by atoms with van der Waals surface area (Å²) in [5, 5.41) is 0. The second-order valence-corrected chi connectivity index (χ2v) is 6.61. The van der Waals surface area contributed by atoms with Gasteiger partial charge in [-0.2, -0.15) is 0 Å². The molecule has 1 rings (SSSR count). The van der Waals surface area contributed by atoms with Crippen LogP contribution in [0.1, 0.15) is 58.8 Å². The Bertz CT molecular complexity index is 281. The molecule has 1 fully saturated rings. The molecule has 1 heterocycles. The van der Waals surface area contributed by atoms with E-state index in [1.165, 1.54) is 58.0 Å². The molecule has 0 radical (unpaired) electrons. The van der Waals surface area contributed by atoms with Crippen molar-refractivity contribution in [3.8, 4) is 0 Å². The molecule has 5 heteroatoms. The van der Waals surface area contributed by atoms with Gasteiger partial charge in [-0.05, 0) is 32.1 Å². The average Bonchev–Trinajstić information content (AvgIpc) is 2.26. The zero-order chi connectivity index (χ0) is 14.0. The van der Waals surface area contributed by atoms with Crippen molar-refractivity contribution in [3.05, 3.63) is 0 Å². The standard InChI is InChI=1S/C12H25N.CH4O3S/c1-3-5-10-13-11-7-6-9-12(13)8-4-2;1-5(2,3)4/h12H,3-11H2,1-2H3;1H3,(H,2,3,4). The maximum Gasteiger partial charge on any atom is 0.0916 e. The molecule has 0 aliphatic carbocycles. The first-order valence-electron chi connectivity index (χ1n) is 7.13. The van der Waals surface area contributed by atoms with E-state index in [-0.39, 0.29) is 0 Å². The number of nitrogens with one attached hydrogen (secondary N) is 1. The molecule has 2 unspecified atom stereocenters. The van der Waals surface area contributed by atoms with Gasteiger partial charge in [-0.3, -0.25) is 0 Å². The quantitative estimate of drug-likeness (QED) is 0.769. The normalized spacial score (nSPS) is 24.2. The van der Waals surface area contributed by atoms with Crippen LogP contribution >= 0.6 is 0 Å². The van der Waals surface area contributed by atoms with E-state index in [2.05, 4.69) is 13.8 Å². The molecule has 0 amide bonds. The molecule has 0 aromatic carbocycles. The Morgan fingerprint density at radius 1 is 1.22 bits per heavy atom. The van der Waals surface area contributed by atoms with E-state index in [4.69, 9.17) is 13.0 Å². The van der Waals surface area contributed by atoms with Crippen molar-refractivity contribution >= 4 is 10.1 Å². The third-order valence-electron chi connectivity index (χ3n) is 3.37. The average molecular weight is 279 g/mol. The number of piperidine rings is 1. The van der Waals surface area contributed by atoms with Crippen molar-refractivity contribution in [2.24, 2.45) is 0 Å². The fourth-order valence-electron chi connectivity index (χ4n) is 2.58. The molecule has 1 aliphatic heterocycles. The molecular weight excluding hydrogens is 250 g/mol. The van der Waals surface area contributed by atoms with E-state index in [1.54, 1.807) is 0 Å². The van der Waals surface area contributed by atoms with Crippen molar-refractivity contribution in [1.29, 1.82) is 0 Å². The van der Waals surface area contributed by atoms with Crippen molar-refractivity contribution in [2.45, 2.75) is 64.8 Å². The maximum atomic E-state index is 9.08. The highest BCUT2D eigenvalue weighted by Gasteiger charge is 2.23. The van der Waals surface area contributed by atoms with Crippen LogP contribution in [0.2, 0.25) is 0 Å². The van der Waals surface area contributed by atoms with Crippen LogP contribution in [0.25, 0.3) is 0 Å². The Labute approximate surface area is 113 Å². The van der Waals surface area contributed by atoms with Crippen LogP contribution in [0.15, 0.2) is 0 Å². The summed E-state index contributed by atoms with van der Waals surface area (Å²) in [6.45, 7) is 7.51. The highest BCUT2D eigenvalue weighted by atomic mass is 32.2. The largest absolute Gasteiger partial charge is 0.748 e. The van der Waals surface area contributed by atoms with Gasteiger partial charge in [-0.25, -0.2) is 8.42 Å². The van der Waals surface area contributed by atoms with Crippen LogP contribution in [-0.2, 0) is 10.1 Å². The first kappa shape index (κ1) is 17.9. The monoisotopic (exact) mass is 279 g/mol. The Kier molecular flexibility index (Phi) is 9.68. The Morgan fingerprint density at radius 2 is 1.83 bits per heavy atom. The second kappa shape index (κ2) is 9.75. The van der Waals surface area contributed by atoms with Gasteiger partial charge in [0.15, 0.2) is 0 Å². The number of unbranched alkanes of at least 4 members (excludes halogenated alkanes) is 1. The van der Waals surface area contributed by atoms with Gasteiger partial charge in [0.2, 0.25) is 0 Å². The summed E-state index contributed by atoms with van der Waals surface area (Å²) in [6, 6.07) is 1.00. The number of likely N-dealkylation sites (tertiary alicyclic amines) is 1. The minimum atomic E-state index is -3.92. The van der Waals surface area contributed by atoms with Crippen LogP contribution in [0, 0.1) is 0 Å². The zero-order valence-corrected chi connectivity index (χ0v) is 12.9. The molecule has 2 atom stereocenters. The molecule has 4 nitrogen and oxygen atoms in total. The molecule has 0 saturated carbocycles.